The van der Waals surface area contributed by atoms with Crippen LogP contribution in [0.3, 0.4) is 0 Å². The number of nitro groups is 1. The first kappa shape index (κ1) is 14.8. The standard InChI is InChI=1S/C10H13FN2O2.ClH/c1-7-2-3-8(9(12)4-5-11)6-10(7)13(14)15;/h2-3,6,9H,4-5,12H2,1H3;1H/t9-;/m1./s1. The van der Waals surface area contributed by atoms with Crippen molar-refractivity contribution >= 4 is 18.1 Å². The summed E-state index contributed by atoms with van der Waals surface area (Å²) < 4.78 is 12.1. The Balaban J connectivity index is 0.00000225. The molecule has 0 saturated carbocycles. The zero-order valence-corrected chi connectivity index (χ0v) is 9.67. The third kappa shape index (κ3) is 3.43. The van der Waals surface area contributed by atoms with Crippen molar-refractivity contribution in [1.82, 2.24) is 0 Å². The van der Waals surface area contributed by atoms with Gasteiger partial charge in [-0.1, -0.05) is 12.1 Å². The summed E-state index contributed by atoms with van der Waals surface area (Å²) in [5.41, 5.74) is 6.87. The normalized spacial score (nSPS) is 11.7. The van der Waals surface area contributed by atoms with E-state index >= 15 is 0 Å². The summed E-state index contributed by atoms with van der Waals surface area (Å²) in [6.07, 6.45) is 0.181. The molecule has 0 aliphatic rings. The van der Waals surface area contributed by atoms with Gasteiger partial charge in [0.05, 0.1) is 11.6 Å². The molecule has 16 heavy (non-hydrogen) atoms. The molecule has 6 heteroatoms. The summed E-state index contributed by atoms with van der Waals surface area (Å²) in [4.78, 5) is 10.2. The molecular weight excluding hydrogens is 235 g/mol. The monoisotopic (exact) mass is 248 g/mol. The van der Waals surface area contributed by atoms with Gasteiger partial charge in [-0.2, -0.15) is 0 Å². The fourth-order valence-corrected chi connectivity index (χ4v) is 1.34. The molecule has 0 amide bonds. The van der Waals surface area contributed by atoms with Gasteiger partial charge in [0.15, 0.2) is 0 Å². The average molecular weight is 249 g/mol. The van der Waals surface area contributed by atoms with Crippen LogP contribution < -0.4 is 5.73 Å². The number of rotatable bonds is 4. The molecular formula is C10H14ClFN2O2. The molecule has 0 bridgehead atoms. The Morgan fingerprint density at radius 1 is 1.56 bits per heavy atom. The van der Waals surface area contributed by atoms with E-state index in [4.69, 9.17) is 5.73 Å². The van der Waals surface area contributed by atoms with Gasteiger partial charge in [0.1, 0.15) is 0 Å². The zero-order chi connectivity index (χ0) is 11.4. The second-order valence-corrected chi connectivity index (χ2v) is 3.39. The first-order valence-corrected chi connectivity index (χ1v) is 4.62. The van der Waals surface area contributed by atoms with Crippen molar-refractivity contribution < 1.29 is 9.31 Å². The molecule has 0 saturated heterocycles. The Morgan fingerprint density at radius 3 is 2.69 bits per heavy atom. The molecule has 1 rings (SSSR count). The second kappa shape index (κ2) is 6.40. The lowest BCUT2D eigenvalue weighted by atomic mass is 10.0. The second-order valence-electron chi connectivity index (χ2n) is 3.39. The Morgan fingerprint density at radius 2 is 2.19 bits per heavy atom. The third-order valence-electron chi connectivity index (χ3n) is 2.28. The molecule has 0 aromatic heterocycles. The zero-order valence-electron chi connectivity index (χ0n) is 8.85. The summed E-state index contributed by atoms with van der Waals surface area (Å²) in [5, 5.41) is 10.6. The minimum Gasteiger partial charge on any atom is -0.324 e. The minimum atomic E-state index is -0.525. The predicted octanol–water partition coefficient (Wildman–Crippen LogP) is 2.68. The highest BCUT2D eigenvalue weighted by Crippen LogP contribution is 2.23. The van der Waals surface area contributed by atoms with Crippen molar-refractivity contribution in [3.63, 3.8) is 0 Å². The first-order chi connectivity index (χ1) is 7.06. The maximum absolute atomic E-state index is 12.1. The van der Waals surface area contributed by atoms with E-state index in [0.717, 1.165) is 0 Å². The number of aryl methyl sites for hydroxylation is 1. The van der Waals surface area contributed by atoms with Gasteiger partial charge >= 0.3 is 0 Å². The van der Waals surface area contributed by atoms with Crippen LogP contribution in [0.2, 0.25) is 0 Å². The molecule has 1 aromatic carbocycles. The van der Waals surface area contributed by atoms with E-state index in [2.05, 4.69) is 0 Å². The van der Waals surface area contributed by atoms with Gasteiger partial charge in [0.2, 0.25) is 0 Å². The highest BCUT2D eigenvalue weighted by Gasteiger charge is 2.14. The molecule has 0 spiro atoms. The van der Waals surface area contributed by atoms with Gasteiger partial charge in [0.25, 0.3) is 5.69 Å². The minimum absolute atomic E-state index is 0. The fourth-order valence-electron chi connectivity index (χ4n) is 1.34. The number of nitro benzene ring substituents is 1. The average Bonchev–Trinajstić information content (AvgIpc) is 2.18. The van der Waals surface area contributed by atoms with Crippen molar-refractivity contribution in [1.29, 1.82) is 0 Å². The van der Waals surface area contributed by atoms with E-state index in [1.54, 1.807) is 19.1 Å². The van der Waals surface area contributed by atoms with Crippen LogP contribution in [0.25, 0.3) is 0 Å². The third-order valence-corrected chi connectivity index (χ3v) is 2.28. The molecule has 0 unspecified atom stereocenters. The summed E-state index contributed by atoms with van der Waals surface area (Å²) >= 11 is 0. The van der Waals surface area contributed by atoms with Crippen molar-refractivity contribution in [2.75, 3.05) is 6.67 Å². The Labute approximate surface area is 99.2 Å². The van der Waals surface area contributed by atoms with Crippen LogP contribution in [0.4, 0.5) is 10.1 Å². The number of nitrogens with zero attached hydrogens (tertiary/aromatic N) is 1. The molecule has 2 N–H and O–H groups in total. The van der Waals surface area contributed by atoms with E-state index in [1.165, 1.54) is 6.07 Å². The van der Waals surface area contributed by atoms with Crippen molar-refractivity contribution in [2.45, 2.75) is 19.4 Å². The number of alkyl halides is 1. The van der Waals surface area contributed by atoms with E-state index < -0.39 is 17.6 Å². The largest absolute Gasteiger partial charge is 0.324 e. The Bertz CT molecular complexity index is 374. The summed E-state index contributed by atoms with van der Waals surface area (Å²) in [6.45, 7) is 1.13. The molecule has 0 aliphatic heterocycles. The summed E-state index contributed by atoms with van der Waals surface area (Å²) in [7, 11) is 0. The molecule has 4 nitrogen and oxygen atoms in total. The van der Waals surface area contributed by atoms with Crippen LogP contribution in [0.5, 0.6) is 0 Å². The molecule has 1 aromatic rings. The molecule has 0 radical (unpaired) electrons. The lowest BCUT2D eigenvalue weighted by molar-refractivity contribution is -0.385. The Hall–Kier alpha value is -1.20. The van der Waals surface area contributed by atoms with E-state index in [-0.39, 0.29) is 24.5 Å². The van der Waals surface area contributed by atoms with Crippen LogP contribution in [-0.2, 0) is 0 Å². The molecule has 0 fully saturated rings. The maximum atomic E-state index is 12.1. The lowest BCUT2D eigenvalue weighted by Gasteiger charge is -2.09. The molecule has 0 aliphatic carbocycles. The van der Waals surface area contributed by atoms with Gasteiger partial charge in [-0.25, -0.2) is 0 Å². The number of benzene rings is 1. The van der Waals surface area contributed by atoms with Crippen LogP contribution in [-0.4, -0.2) is 11.6 Å². The quantitative estimate of drug-likeness (QED) is 0.658. The van der Waals surface area contributed by atoms with Crippen LogP contribution >= 0.6 is 12.4 Å². The van der Waals surface area contributed by atoms with Crippen molar-refractivity contribution in [3.05, 3.63) is 39.4 Å². The maximum Gasteiger partial charge on any atom is 0.272 e. The predicted molar refractivity (Wildman–Crippen MR) is 62.6 cm³/mol. The summed E-state index contributed by atoms with van der Waals surface area (Å²) in [5.74, 6) is 0. The number of hydrogen-bond donors (Lipinski definition) is 1. The number of nitrogens with two attached hydrogens (primary N) is 1. The Kier molecular flexibility index (Phi) is 5.92. The van der Waals surface area contributed by atoms with Gasteiger partial charge in [-0.3, -0.25) is 14.5 Å². The van der Waals surface area contributed by atoms with Gasteiger partial charge in [-0.15, -0.1) is 12.4 Å². The smallest absolute Gasteiger partial charge is 0.272 e. The summed E-state index contributed by atoms with van der Waals surface area (Å²) in [6, 6.07) is 4.26. The molecule has 90 valence electrons. The highest BCUT2D eigenvalue weighted by atomic mass is 35.5. The first-order valence-electron chi connectivity index (χ1n) is 4.62. The van der Waals surface area contributed by atoms with Crippen LogP contribution in [0.15, 0.2) is 18.2 Å². The van der Waals surface area contributed by atoms with E-state index in [1.807, 2.05) is 0 Å². The van der Waals surface area contributed by atoms with Crippen LogP contribution in [0, 0.1) is 17.0 Å². The van der Waals surface area contributed by atoms with E-state index in [0.29, 0.717) is 11.1 Å². The molecule has 0 heterocycles. The van der Waals surface area contributed by atoms with Gasteiger partial charge in [0, 0.05) is 17.7 Å². The fraction of sp³-hybridized carbons (Fsp3) is 0.400. The molecule has 1 atom stereocenters. The van der Waals surface area contributed by atoms with Crippen molar-refractivity contribution in [3.8, 4) is 0 Å². The van der Waals surface area contributed by atoms with Gasteiger partial charge in [-0.05, 0) is 18.9 Å². The van der Waals surface area contributed by atoms with Crippen LogP contribution in [0.1, 0.15) is 23.6 Å². The highest BCUT2D eigenvalue weighted by molar-refractivity contribution is 5.85. The lowest BCUT2D eigenvalue weighted by Crippen LogP contribution is -2.11. The van der Waals surface area contributed by atoms with Gasteiger partial charge < -0.3 is 5.73 Å². The van der Waals surface area contributed by atoms with Crippen molar-refractivity contribution in [2.24, 2.45) is 5.73 Å². The topological polar surface area (TPSA) is 69.2 Å². The SMILES string of the molecule is Cc1ccc([C@H](N)CCF)cc1[N+](=O)[O-].Cl. The van der Waals surface area contributed by atoms with E-state index in [9.17, 15) is 14.5 Å². The number of halogens is 2. The number of hydrogen-bond acceptors (Lipinski definition) is 3.